The minimum Gasteiger partial charge on any atom is -0.376 e. The van der Waals surface area contributed by atoms with E-state index in [4.69, 9.17) is 14.2 Å². The van der Waals surface area contributed by atoms with Gasteiger partial charge in [-0.1, -0.05) is 60.7 Å². The first kappa shape index (κ1) is 14.9. The molecule has 4 atom stereocenters. The van der Waals surface area contributed by atoms with Crippen molar-refractivity contribution in [2.75, 3.05) is 6.61 Å². The van der Waals surface area contributed by atoms with Gasteiger partial charge in [-0.3, -0.25) is 0 Å². The average molecular weight is 310 g/mol. The van der Waals surface area contributed by atoms with Crippen LogP contribution in [0.15, 0.2) is 60.7 Å². The summed E-state index contributed by atoms with van der Waals surface area (Å²) in [5.41, 5.74) is 2.43. The van der Waals surface area contributed by atoms with Gasteiger partial charge in [0, 0.05) is 5.92 Å². The normalized spacial score (nSPS) is 28.5. The second-order valence-electron chi connectivity index (χ2n) is 6.40. The number of hydrogen-bond acceptors (Lipinski definition) is 3. The van der Waals surface area contributed by atoms with Crippen LogP contribution in [0.3, 0.4) is 0 Å². The first-order valence-electron chi connectivity index (χ1n) is 8.33. The Kier molecular flexibility index (Phi) is 4.42. The molecule has 3 heteroatoms. The van der Waals surface area contributed by atoms with Gasteiger partial charge in [-0.25, -0.2) is 0 Å². The summed E-state index contributed by atoms with van der Waals surface area (Å²) in [6.07, 6.45) is 1.89. The molecule has 0 unspecified atom stereocenters. The van der Waals surface area contributed by atoms with Crippen LogP contribution in [0.1, 0.15) is 17.5 Å². The Labute approximate surface area is 137 Å². The number of benzene rings is 2. The SMILES string of the molecule is c1ccc(COC[C@@H]2C[C@@H]3O[C@@H]3[C@@H]2OCc2ccccc2)cc1. The van der Waals surface area contributed by atoms with Gasteiger partial charge < -0.3 is 14.2 Å². The Morgan fingerprint density at radius 3 is 2.22 bits per heavy atom. The van der Waals surface area contributed by atoms with E-state index in [0.717, 1.165) is 13.0 Å². The first-order valence-corrected chi connectivity index (χ1v) is 8.33. The minimum absolute atomic E-state index is 0.163. The summed E-state index contributed by atoms with van der Waals surface area (Å²) < 4.78 is 17.7. The van der Waals surface area contributed by atoms with E-state index in [2.05, 4.69) is 24.3 Å². The molecule has 1 aliphatic heterocycles. The molecule has 1 saturated carbocycles. The largest absolute Gasteiger partial charge is 0.376 e. The number of rotatable bonds is 7. The van der Waals surface area contributed by atoms with Crippen LogP contribution in [-0.4, -0.2) is 24.9 Å². The molecule has 1 saturated heterocycles. The Bertz CT molecular complexity index is 613. The van der Waals surface area contributed by atoms with Crippen LogP contribution in [0.2, 0.25) is 0 Å². The van der Waals surface area contributed by atoms with Crippen molar-refractivity contribution >= 4 is 0 Å². The molecule has 0 spiro atoms. The molecular formula is C20H22O3. The van der Waals surface area contributed by atoms with E-state index in [1.165, 1.54) is 11.1 Å². The van der Waals surface area contributed by atoms with Gasteiger partial charge in [0.2, 0.25) is 0 Å². The number of ether oxygens (including phenoxy) is 3. The summed E-state index contributed by atoms with van der Waals surface area (Å²) in [6.45, 7) is 2.05. The van der Waals surface area contributed by atoms with Crippen molar-refractivity contribution in [2.45, 2.75) is 37.9 Å². The standard InChI is InChI=1S/C20H22O3/c1-3-7-15(8-4-1)12-21-14-17-11-18-20(23-18)19(17)22-13-16-9-5-2-6-10-16/h1-10,17-20H,11-14H2/t17-,18-,19+,20-/m0/s1. The summed E-state index contributed by atoms with van der Waals surface area (Å²) in [6, 6.07) is 20.6. The van der Waals surface area contributed by atoms with Crippen molar-refractivity contribution in [1.82, 2.24) is 0 Å². The Balaban J connectivity index is 1.28. The summed E-state index contributed by atoms with van der Waals surface area (Å²) in [4.78, 5) is 0. The predicted octanol–water partition coefficient (Wildman–Crippen LogP) is 3.58. The molecule has 2 fully saturated rings. The molecule has 23 heavy (non-hydrogen) atoms. The van der Waals surface area contributed by atoms with E-state index in [0.29, 0.717) is 25.2 Å². The summed E-state index contributed by atoms with van der Waals surface area (Å²) in [7, 11) is 0. The molecule has 2 aromatic carbocycles. The second kappa shape index (κ2) is 6.83. The lowest BCUT2D eigenvalue weighted by molar-refractivity contribution is -0.0470. The maximum Gasteiger partial charge on any atom is 0.111 e. The van der Waals surface area contributed by atoms with Crippen molar-refractivity contribution in [3.05, 3.63) is 71.8 Å². The van der Waals surface area contributed by atoms with Gasteiger partial charge in [-0.2, -0.15) is 0 Å². The Morgan fingerprint density at radius 1 is 0.870 bits per heavy atom. The van der Waals surface area contributed by atoms with E-state index in [-0.39, 0.29) is 12.2 Å². The molecule has 1 aliphatic carbocycles. The predicted molar refractivity (Wildman–Crippen MR) is 87.9 cm³/mol. The molecule has 1 heterocycles. The van der Waals surface area contributed by atoms with Crippen molar-refractivity contribution in [3.63, 3.8) is 0 Å². The van der Waals surface area contributed by atoms with E-state index >= 15 is 0 Å². The number of hydrogen-bond donors (Lipinski definition) is 0. The summed E-state index contributed by atoms with van der Waals surface area (Å²) in [5, 5.41) is 0. The number of fused-ring (bicyclic) bond motifs is 1. The highest BCUT2D eigenvalue weighted by atomic mass is 16.6. The van der Waals surface area contributed by atoms with Gasteiger partial charge in [0.05, 0.1) is 32.0 Å². The zero-order chi connectivity index (χ0) is 15.5. The average Bonchev–Trinajstić information content (AvgIpc) is 3.28. The molecular weight excluding hydrogens is 288 g/mol. The zero-order valence-corrected chi connectivity index (χ0v) is 13.1. The minimum atomic E-state index is 0.163. The van der Waals surface area contributed by atoms with E-state index in [1.54, 1.807) is 0 Å². The maximum absolute atomic E-state index is 6.15. The zero-order valence-electron chi connectivity index (χ0n) is 13.1. The molecule has 3 nitrogen and oxygen atoms in total. The third-order valence-corrected chi connectivity index (χ3v) is 4.67. The van der Waals surface area contributed by atoms with Crippen molar-refractivity contribution < 1.29 is 14.2 Å². The van der Waals surface area contributed by atoms with Gasteiger partial charge in [-0.05, 0) is 17.5 Å². The highest BCUT2D eigenvalue weighted by Gasteiger charge is 2.56. The Hall–Kier alpha value is -1.68. The third kappa shape index (κ3) is 3.63. The van der Waals surface area contributed by atoms with Gasteiger partial charge >= 0.3 is 0 Å². The van der Waals surface area contributed by atoms with Crippen molar-refractivity contribution in [3.8, 4) is 0 Å². The number of epoxide rings is 1. The van der Waals surface area contributed by atoms with Crippen LogP contribution in [0.25, 0.3) is 0 Å². The molecule has 2 aromatic rings. The maximum atomic E-state index is 6.15. The Morgan fingerprint density at radius 2 is 1.52 bits per heavy atom. The van der Waals surface area contributed by atoms with Crippen molar-refractivity contribution in [2.24, 2.45) is 5.92 Å². The lowest BCUT2D eigenvalue weighted by Crippen LogP contribution is -2.28. The molecule has 0 bridgehead atoms. The fourth-order valence-corrected chi connectivity index (χ4v) is 3.40. The fraction of sp³-hybridized carbons (Fsp3) is 0.400. The van der Waals surface area contributed by atoms with Crippen LogP contribution in [-0.2, 0) is 27.4 Å². The molecule has 0 radical (unpaired) electrons. The van der Waals surface area contributed by atoms with Gasteiger partial charge in [-0.15, -0.1) is 0 Å². The van der Waals surface area contributed by atoms with E-state index in [1.807, 2.05) is 36.4 Å². The smallest absolute Gasteiger partial charge is 0.111 e. The molecule has 0 aromatic heterocycles. The van der Waals surface area contributed by atoms with Crippen LogP contribution in [0.4, 0.5) is 0 Å². The first-order chi connectivity index (χ1) is 11.4. The highest BCUT2D eigenvalue weighted by molar-refractivity contribution is 5.14. The summed E-state index contributed by atoms with van der Waals surface area (Å²) in [5.74, 6) is 0.436. The van der Waals surface area contributed by atoms with Gasteiger partial charge in [0.25, 0.3) is 0 Å². The van der Waals surface area contributed by atoms with Crippen molar-refractivity contribution in [1.29, 1.82) is 0 Å². The molecule has 4 rings (SSSR count). The molecule has 2 aliphatic rings. The monoisotopic (exact) mass is 310 g/mol. The third-order valence-electron chi connectivity index (χ3n) is 4.67. The lowest BCUT2D eigenvalue weighted by Gasteiger charge is -2.22. The quantitative estimate of drug-likeness (QED) is 0.733. The second-order valence-corrected chi connectivity index (χ2v) is 6.40. The van der Waals surface area contributed by atoms with E-state index in [9.17, 15) is 0 Å². The molecule has 0 amide bonds. The van der Waals surface area contributed by atoms with Crippen LogP contribution < -0.4 is 0 Å². The fourth-order valence-electron chi connectivity index (χ4n) is 3.40. The van der Waals surface area contributed by atoms with Gasteiger partial charge in [0.15, 0.2) is 0 Å². The molecule has 120 valence electrons. The lowest BCUT2D eigenvalue weighted by atomic mass is 10.1. The van der Waals surface area contributed by atoms with Crippen LogP contribution in [0.5, 0.6) is 0 Å². The molecule has 0 N–H and O–H groups in total. The highest BCUT2D eigenvalue weighted by Crippen LogP contribution is 2.44. The topological polar surface area (TPSA) is 31.0 Å². The van der Waals surface area contributed by atoms with Crippen LogP contribution >= 0.6 is 0 Å². The summed E-state index contributed by atoms with van der Waals surface area (Å²) >= 11 is 0. The van der Waals surface area contributed by atoms with Crippen LogP contribution in [0, 0.1) is 5.92 Å². The van der Waals surface area contributed by atoms with Gasteiger partial charge in [0.1, 0.15) is 6.10 Å². The van der Waals surface area contributed by atoms with E-state index < -0.39 is 0 Å².